The van der Waals surface area contributed by atoms with Crippen molar-refractivity contribution in [2.75, 3.05) is 69.0 Å². The molecule has 2 heterocycles. The lowest BCUT2D eigenvalue weighted by molar-refractivity contribution is -0.130. The highest BCUT2D eigenvalue weighted by atomic mass is 32.2. The van der Waals surface area contributed by atoms with Crippen LogP contribution in [0.3, 0.4) is 0 Å². The number of cyclic esters (lactones) is 1. The van der Waals surface area contributed by atoms with Gasteiger partial charge in [0.2, 0.25) is 15.9 Å². The summed E-state index contributed by atoms with van der Waals surface area (Å²) in [6.45, 7) is 1.66. The van der Waals surface area contributed by atoms with Crippen LogP contribution in [0.25, 0.3) is 0 Å². The Hall–Kier alpha value is -2.71. The highest BCUT2D eigenvalue weighted by Gasteiger charge is 2.33. The van der Waals surface area contributed by atoms with E-state index in [-0.39, 0.29) is 30.7 Å². The number of thiocarbonyl (C=S) groups is 1. The number of amides is 2. The Bertz CT molecular complexity index is 1020. The van der Waals surface area contributed by atoms with Crippen LogP contribution in [0.15, 0.2) is 18.2 Å². The molecule has 2 saturated heterocycles. The van der Waals surface area contributed by atoms with Gasteiger partial charge in [-0.2, -0.15) is 0 Å². The van der Waals surface area contributed by atoms with Crippen LogP contribution in [0.2, 0.25) is 0 Å². The number of hydrogen-bond acceptors (Lipinski definition) is 8. The Balaban J connectivity index is 1.56. The minimum absolute atomic E-state index is 0.188. The first-order valence-electron chi connectivity index (χ1n) is 10.1. The lowest BCUT2D eigenvalue weighted by atomic mass is 10.2. The third kappa shape index (κ3) is 6.65. The van der Waals surface area contributed by atoms with Gasteiger partial charge in [-0.25, -0.2) is 22.3 Å². The molecule has 33 heavy (non-hydrogen) atoms. The summed E-state index contributed by atoms with van der Waals surface area (Å²) < 4.78 is 49.5. The summed E-state index contributed by atoms with van der Waals surface area (Å²) in [5.41, 5.74) is 0.732. The molecule has 1 aromatic rings. The van der Waals surface area contributed by atoms with Crippen molar-refractivity contribution in [3.8, 4) is 0 Å². The molecule has 2 fully saturated rings. The third-order valence-electron chi connectivity index (χ3n) is 5.24. The number of carbonyl (C=O) groups is 2. The number of anilines is 2. The molecular weight excluding hydrogens is 477 g/mol. The molecule has 0 aromatic heterocycles. The van der Waals surface area contributed by atoms with Crippen molar-refractivity contribution in [1.29, 1.82) is 0 Å². The summed E-state index contributed by atoms with van der Waals surface area (Å²) in [5, 5.41) is 3.01. The SMILES string of the molecule is COC(=S)NCC1CN(c2ccc(N3CCN(C(=O)CNS(C)(=O)=O)CC3)c(F)c2)C(=O)O1. The number of nitrogens with one attached hydrogen (secondary N) is 2. The van der Waals surface area contributed by atoms with E-state index in [0.717, 1.165) is 6.26 Å². The van der Waals surface area contributed by atoms with Gasteiger partial charge in [-0.15, -0.1) is 0 Å². The first-order valence-corrected chi connectivity index (χ1v) is 12.4. The van der Waals surface area contributed by atoms with E-state index in [1.165, 1.54) is 23.0 Å². The van der Waals surface area contributed by atoms with Gasteiger partial charge in [0.1, 0.15) is 11.9 Å². The van der Waals surface area contributed by atoms with E-state index in [0.29, 0.717) is 37.6 Å². The van der Waals surface area contributed by atoms with Gasteiger partial charge in [-0.3, -0.25) is 9.69 Å². The van der Waals surface area contributed by atoms with Crippen LogP contribution in [0.4, 0.5) is 20.6 Å². The fourth-order valence-electron chi connectivity index (χ4n) is 3.53. The number of sulfonamides is 1. The first-order chi connectivity index (χ1) is 15.6. The molecule has 182 valence electrons. The minimum Gasteiger partial charge on any atom is -0.474 e. The number of ether oxygens (including phenoxy) is 2. The highest BCUT2D eigenvalue weighted by molar-refractivity contribution is 7.88. The normalized spacial score (nSPS) is 18.8. The molecule has 3 rings (SSSR count). The molecular formula is C19H26FN5O6S2. The van der Waals surface area contributed by atoms with E-state index in [2.05, 4.69) is 10.0 Å². The van der Waals surface area contributed by atoms with Gasteiger partial charge in [0.25, 0.3) is 5.17 Å². The lowest BCUT2D eigenvalue weighted by Crippen LogP contribution is -2.51. The summed E-state index contributed by atoms with van der Waals surface area (Å²) in [4.78, 5) is 29.0. The van der Waals surface area contributed by atoms with Gasteiger partial charge in [0, 0.05) is 26.2 Å². The first kappa shape index (κ1) is 24.9. The maximum atomic E-state index is 14.9. The number of rotatable bonds is 7. The van der Waals surface area contributed by atoms with Gasteiger partial charge in [0.05, 0.1) is 44.4 Å². The van der Waals surface area contributed by atoms with Gasteiger partial charge in [-0.1, -0.05) is 0 Å². The maximum absolute atomic E-state index is 14.9. The monoisotopic (exact) mass is 503 g/mol. The summed E-state index contributed by atoms with van der Waals surface area (Å²) in [7, 11) is -2.02. The van der Waals surface area contributed by atoms with Crippen molar-refractivity contribution in [2.45, 2.75) is 6.10 Å². The molecule has 0 spiro atoms. The Kier molecular flexibility index (Phi) is 7.92. The molecule has 0 saturated carbocycles. The summed E-state index contributed by atoms with van der Waals surface area (Å²) in [6, 6.07) is 4.51. The van der Waals surface area contributed by atoms with E-state index in [9.17, 15) is 22.4 Å². The van der Waals surface area contributed by atoms with Crippen molar-refractivity contribution in [3.63, 3.8) is 0 Å². The fraction of sp³-hybridized carbons (Fsp3) is 0.526. The van der Waals surface area contributed by atoms with Crippen LogP contribution in [0, 0.1) is 5.82 Å². The molecule has 2 amide bonds. The number of nitrogens with zero attached hydrogens (tertiary/aromatic N) is 3. The molecule has 1 atom stereocenters. The average Bonchev–Trinajstić information content (AvgIpc) is 3.15. The predicted octanol–water partition coefficient (Wildman–Crippen LogP) is -0.130. The van der Waals surface area contributed by atoms with Crippen LogP contribution in [0.5, 0.6) is 0 Å². The molecule has 2 N–H and O–H groups in total. The highest BCUT2D eigenvalue weighted by Crippen LogP contribution is 2.28. The maximum Gasteiger partial charge on any atom is 0.414 e. The van der Waals surface area contributed by atoms with Crippen LogP contribution in [0.1, 0.15) is 0 Å². The number of benzene rings is 1. The lowest BCUT2D eigenvalue weighted by Gasteiger charge is -2.36. The van der Waals surface area contributed by atoms with Gasteiger partial charge < -0.3 is 24.6 Å². The van der Waals surface area contributed by atoms with E-state index in [4.69, 9.17) is 21.7 Å². The fourth-order valence-corrected chi connectivity index (χ4v) is 4.00. The summed E-state index contributed by atoms with van der Waals surface area (Å²) >= 11 is 4.89. The predicted molar refractivity (Wildman–Crippen MR) is 123 cm³/mol. The molecule has 0 radical (unpaired) electrons. The number of carbonyl (C=O) groups excluding carboxylic acids is 2. The standard InChI is InChI=1S/C19H26FN5O6S2/c1-30-18(32)21-10-14-12-25(19(27)31-14)13-3-4-16(15(20)9-13)23-5-7-24(8-6-23)17(26)11-22-33(2,28)29/h3-4,9,14,22H,5-8,10-12H2,1-2H3,(H,21,32). The minimum atomic E-state index is -3.45. The van der Waals surface area contributed by atoms with Crippen molar-refractivity contribution >= 4 is 50.8 Å². The zero-order chi connectivity index (χ0) is 24.2. The topological polar surface area (TPSA) is 121 Å². The van der Waals surface area contributed by atoms with E-state index >= 15 is 0 Å². The Morgan fingerprint density at radius 2 is 2.00 bits per heavy atom. The molecule has 0 bridgehead atoms. The largest absolute Gasteiger partial charge is 0.474 e. The van der Waals surface area contributed by atoms with Crippen molar-refractivity contribution in [3.05, 3.63) is 24.0 Å². The zero-order valence-electron chi connectivity index (χ0n) is 18.2. The van der Waals surface area contributed by atoms with E-state index in [1.807, 2.05) is 0 Å². The summed E-state index contributed by atoms with van der Waals surface area (Å²) in [6.07, 6.45) is -0.0523. The zero-order valence-corrected chi connectivity index (χ0v) is 19.9. The van der Waals surface area contributed by atoms with Gasteiger partial charge >= 0.3 is 6.09 Å². The van der Waals surface area contributed by atoms with Crippen molar-refractivity contribution in [1.82, 2.24) is 14.9 Å². The van der Waals surface area contributed by atoms with Crippen LogP contribution < -0.4 is 19.8 Å². The van der Waals surface area contributed by atoms with Crippen molar-refractivity contribution in [2.24, 2.45) is 0 Å². The second-order valence-electron chi connectivity index (χ2n) is 7.59. The quantitative estimate of drug-likeness (QED) is 0.490. The molecule has 0 aliphatic carbocycles. The number of hydrogen-bond donors (Lipinski definition) is 2. The van der Waals surface area contributed by atoms with Crippen LogP contribution >= 0.6 is 12.2 Å². The van der Waals surface area contributed by atoms with Crippen LogP contribution in [-0.2, 0) is 24.3 Å². The smallest absolute Gasteiger partial charge is 0.414 e. The number of halogens is 1. The number of methoxy groups -OCH3 is 1. The van der Waals surface area contributed by atoms with Gasteiger partial charge in [-0.05, 0) is 30.4 Å². The van der Waals surface area contributed by atoms with E-state index in [1.54, 1.807) is 17.0 Å². The van der Waals surface area contributed by atoms with E-state index < -0.39 is 28.0 Å². The van der Waals surface area contributed by atoms with Gasteiger partial charge in [0.15, 0.2) is 0 Å². The Morgan fingerprint density at radius 1 is 1.30 bits per heavy atom. The Labute approximate surface area is 196 Å². The molecule has 11 nitrogen and oxygen atoms in total. The number of piperazine rings is 1. The molecule has 2 aliphatic rings. The molecule has 2 aliphatic heterocycles. The molecule has 1 unspecified atom stereocenters. The van der Waals surface area contributed by atoms with Crippen molar-refractivity contribution < 1.29 is 31.9 Å². The summed E-state index contributed by atoms with van der Waals surface area (Å²) in [5.74, 6) is -0.834. The molecule has 14 heteroatoms. The average molecular weight is 504 g/mol. The molecule has 1 aromatic carbocycles. The Morgan fingerprint density at radius 3 is 2.61 bits per heavy atom. The van der Waals surface area contributed by atoms with Crippen LogP contribution in [-0.4, -0.2) is 95.8 Å². The second-order valence-corrected chi connectivity index (χ2v) is 9.79. The third-order valence-corrected chi connectivity index (χ3v) is 6.21. The second kappa shape index (κ2) is 10.5.